The molecular formula is C14H24N2O2. The van der Waals surface area contributed by atoms with Crippen molar-refractivity contribution in [2.45, 2.75) is 45.6 Å². The first-order valence-electron chi connectivity index (χ1n) is 6.78. The summed E-state index contributed by atoms with van der Waals surface area (Å²) in [6.07, 6.45) is 5.48. The van der Waals surface area contributed by atoms with Crippen LogP contribution in [0.1, 0.15) is 40.0 Å². The summed E-state index contributed by atoms with van der Waals surface area (Å²) in [6, 6.07) is 0. The van der Waals surface area contributed by atoms with E-state index in [1.165, 1.54) is 18.4 Å². The Kier molecular flexibility index (Phi) is 3.66. The molecule has 2 N–H and O–H groups in total. The summed E-state index contributed by atoms with van der Waals surface area (Å²) in [5, 5.41) is 6.30. The predicted octanol–water partition coefficient (Wildman–Crippen LogP) is 2.21. The number of hydrogen-bond acceptors (Lipinski definition) is 3. The van der Waals surface area contributed by atoms with Gasteiger partial charge >= 0.3 is 6.09 Å². The fourth-order valence-corrected chi connectivity index (χ4v) is 2.37. The zero-order chi connectivity index (χ0) is 13.2. The lowest BCUT2D eigenvalue weighted by molar-refractivity contribution is 0.0519. The van der Waals surface area contributed by atoms with E-state index in [1.807, 2.05) is 20.8 Å². The molecule has 1 heterocycles. The highest BCUT2D eigenvalue weighted by Gasteiger charge is 2.46. The lowest BCUT2D eigenvalue weighted by atomic mass is 9.93. The van der Waals surface area contributed by atoms with Crippen LogP contribution in [0.5, 0.6) is 0 Å². The van der Waals surface area contributed by atoms with Crippen molar-refractivity contribution in [3.8, 4) is 0 Å². The maximum atomic E-state index is 11.6. The van der Waals surface area contributed by atoms with Crippen molar-refractivity contribution in [3.05, 3.63) is 11.6 Å². The van der Waals surface area contributed by atoms with E-state index in [4.69, 9.17) is 4.74 Å². The van der Waals surface area contributed by atoms with Gasteiger partial charge in [0, 0.05) is 18.5 Å². The predicted molar refractivity (Wildman–Crippen MR) is 71.5 cm³/mol. The van der Waals surface area contributed by atoms with Crippen molar-refractivity contribution in [3.63, 3.8) is 0 Å². The minimum atomic E-state index is -0.424. The summed E-state index contributed by atoms with van der Waals surface area (Å²) in [5.41, 5.74) is 1.25. The quantitative estimate of drug-likeness (QED) is 0.757. The van der Waals surface area contributed by atoms with Crippen LogP contribution in [0.15, 0.2) is 11.6 Å². The number of hydrogen-bond donors (Lipinski definition) is 2. The standard InChI is InChI=1S/C14H24N2O2/c1-13(2,3)18-12(17)16-10-14(6-7-14)11-5-4-8-15-9-11/h5,15H,4,6-10H2,1-3H3,(H,16,17). The van der Waals surface area contributed by atoms with Crippen LogP contribution in [0.25, 0.3) is 0 Å². The van der Waals surface area contributed by atoms with Crippen molar-refractivity contribution in [1.82, 2.24) is 10.6 Å². The summed E-state index contributed by atoms with van der Waals surface area (Å²) >= 11 is 0. The summed E-state index contributed by atoms with van der Waals surface area (Å²) in [7, 11) is 0. The zero-order valence-corrected chi connectivity index (χ0v) is 11.6. The highest BCUT2D eigenvalue weighted by atomic mass is 16.6. The summed E-state index contributed by atoms with van der Waals surface area (Å²) in [5.74, 6) is 0. The van der Waals surface area contributed by atoms with E-state index < -0.39 is 5.60 Å². The first-order chi connectivity index (χ1) is 8.41. The Balaban J connectivity index is 1.83. The third kappa shape index (κ3) is 3.48. The van der Waals surface area contributed by atoms with E-state index in [0.717, 1.165) is 19.5 Å². The van der Waals surface area contributed by atoms with E-state index in [1.54, 1.807) is 0 Å². The molecule has 0 aromatic carbocycles. The van der Waals surface area contributed by atoms with Gasteiger partial charge < -0.3 is 15.4 Å². The average molecular weight is 252 g/mol. The SMILES string of the molecule is CC(C)(C)OC(=O)NCC1(C2=CCCNC2)CC1. The molecule has 1 aliphatic carbocycles. The van der Waals surface area contributed by atoms with Gasteiger partial charge in [-0.25, -0.2) is 4.79 Å². The Morgan fingerprint density at radius 3 is 2.72 bits per heavy atom. The molecule has 0 radical (unpaired) electrons. The van der Waals surface area contributed by atoms with Gasteiger partial charge in [0.1, 0.15) is 5.60 Å². The van der Waals surface area contributed by atoms with Gasteiger partial charge in [-0.15, -0.1) is 0 Å². The van der Waals surface area contributed by atoms with Crippen molar-refractivity contribution in [2.75, 3.05) is 19.6 Å². The first kappa shape index (κ1) is 13.4. The van der Waals surface area contributed by atoms with Crippen LogP contribution in [-0.4, -0.2) is 31.3 Å². The Labute approximate surface area is 109 Å². The van der Waals surface area contributed by atoms with Crippen LogP contribution in [0, 0.1) is 5.41 Å². The highest BCUT2D eigenvalue weighted by Crippen LogP contribution is 2.51. The van der Waals surface area contributed by atoms with Gasteiger partial charge in [0.15, 0.2) is 0 Å². The molecule has 0 saturated heterocycles. The highest BCUT2D eigenvalue weighted by molar-refractivity contribution is 5.67. The number of ether oxygens (including phenoxy) is 1. The molecule has 2 rings (SSSR count). The number of alkyl carbamates (subject to hydrolysis) is 1. The van der Waals surface area contributed by atoms with Crippen molar-refractivity contribution < 1.29 is 9.53 Å². The Morgan fingerprint density at radius 1 is 1.50 bits per heavy atom. The third-order valence-corrected chi connectivity index (χ3v) is 3.53. The molecule has 1 fully saturated rings. The Morgan fingerprint density at radius 2 is 2.22 bits per heavy atom. The van der Waals surface area contributed by atoms with Crippen LogP contribution in [0.4, 0.5) is 4.79 Å². The minimum Gasteiger partial charge on any atom is -0.444 e. The lowest BCUT2D eigenvalue weighted by Gasteiger charge is -2.25. The molecule has 0 bridgehead atoms. The Hall–Kier alpha value is -1.03. The summed E-state index contributed by atoms with van der Waals surface area (Å²) in [6.45, 7) is 8.39. The van der Waals surface area contributed by atoms with Gasteiger partial charge in [-0.05, 0) is 46.6 Å². The maximum Gasteiger partial charge on any atom is 0.407 e. The Bertz CT molecular complexity index is 351. The van der Waals surface area contributed by atoms with Crippen molar-refractivity contribution >= 4 is 6.09 Å². The molecule has 4 heteroatoms. The number of carbonyl (C=O) groups is 1. The normalized spacial score (nSPS) is 22.1. The molecule has 2 aliphatic rings. The average Bonchev–Trinajstić information content (AvgIpc) is 3.06. The van der Waals surface area contributed by atoms with Gasteiger partial charge in [-0.2, -0.15) is 0 Å². The molecule has 0 aromatic rings. The van der Waals surface area contributed by atoms with Crippen LogP contribution < -0.4 is 10.6 Å². The lowest BCUT2D eigenvalue weighted by Crippen LogP contribution is -2.38. The number of carbonyl (C=O) groups excluding carboxylic acids is 1. The molecule has 0 unspecified atom stereocenters. The van der Waals surface area contributed by atoms with E-state index in [-0.39, 0.29) is 11.5 Å². The van der Waals surface area contributed by atoms with Crippen molar-refractivity contribution in [2.24, 2.45) is 5.41 Å². The second-order valence-corrected chi connectivity index (χ2v) is 6.33. The number of rotatable bonds is 3. The first-order valence-corrected chi connectivity index (χ1v) is 6.78. The second kappa shape index (κ2) is 4.92. The van der Waals surface area contributed by atoms with Gasteiger partial charge in [0.2, 0.25) is 0 Å². The molecule has 1 amide bonds. The van der Waals surface area contributed by atoms with E-state index in [9.17, 15) is 4.79 Å². The van der Waals surface area contributed by atoms with Crippen molar-refractivity contribution in [1.29, 1.82) is 0 Å². The third-order valence-electron chi connectivity index (χ3n) is 3.53. The second-order valence-electron chi connectivity index (χ2n) is 6.33. The fourth-order valence-electron chi connectivity index (χ4n) is 2.37. The van der Waals surface area contributed by atoms with Crippen LogP contribution in [-0.2, 0) is 4.74 Å². The number of nitrogens with one attached hydrogen (secondary N) is 2. The molecule has 18 heavy (non-hydrogen) atoms. The van der Waals surface area contributed by atoms with E-state index >= 15 is 0 Å². The van der Waals surface area contributed by atoms with Crippen LogP contribution in [0.3, 0.4) is 0 Å². The van der Waals surface area contributed by atoms with Gasteiger partial charge in [0.05, 0.1) is 0 Å². The van der Waals surface area contributed by atoms with E-state index in [0.29, 0.717) is 6.54 Å². The molecular weight excluding hydrogens is 228 g/mol. The van der Waals surface area contributed by atoms with Crippen LogP contribution in [0.2, 0.25) is 0 Å². The largest absolute Gasteiger partial charge is 0.444 e. The number of amides is 1. The van der Waals surface area contributed by atoms with E-state index in [2.05, 4.69) is 16.7 Å². The van der Waals surface area contributed by atoms with Gasteiger partial charge in [-0.3, -0.25) is 0 Å². The maximum absolute atomic E-state index is 11.6. The zero-order valence-electron chi connectivity index (χ0n) is 11.6. The topological polar surface area (TPSA) is 50.4 Å². The summed E-state index contributed by atoms with van der Waals surface area (Å²) in [4.78, 5) is 11.6. The van der Waals surface area contributed by atoms with Crippen LogP contribution >= 0.6 is 0 Å². The molecule has 0 spiro atoms. The molecule has 0 aromatic heterocycles. The molecule has 1 saturated carbocycles. The minimum absolute atomic E-state index is 0.213. The molecule has 4 nitrogen and oxygen atoms in total. The van der Waals surface area contributed by atoms with Gasteiger partial charge in [-0.1, -0.05) is 11.6 Å². The molecule has 102 valence electrons. The molecule has 1 aliphatic heterocycles. The fraction of sp³-hybridized carbons (Fsp3) is 0.786. The summed E-state index contributed by atoms with van der Waals surface area (Å²) < 4.78 is 5.26. The molecule has 0 atom stereocenters. The van der Waals surface area contributed by atoms with Gasteiger partial charge in [0.25, 0.3) is 0 Å². The monoisotopic (exact) mass is 252 g/mol. The smallest absolute Gasteiger partial charge is 0.407 e.